The maximum absolute atomic E-state index is 12.2. The second-order valence-electron chi connectivity index (χ2n) is 14.1. The van der Waals surface area contributed by atoms with Crippen LogP contribution in [0.2, 0.25) is 0 Å². The lowest BCUT2D eigenvalue weighted by molar-refractivity contribution is -0.382. The summed E-state index contributed by atoms with van der Waals surface area (Å²) in [5.74, 6) is -29.6. The van der Waals surface area contributed by atoms with E-state index in [-0.39, 0.29) is 21.8 Å². The molecule has 0 heterocycles. The van der Waals surface area contributed by atoms with E-state index in [0.29, 0.717) is 0 Å². The number of benzene rings is 6. The van der Waals surface area contributed by atoms with Crippen LogP contribution in [-0.4, -0.2) is 72.5 Å². The summed E-state index contributed by atoms with van der Waals surface area (Å²) in [5, 5.41) is -14.2. The normalized spacial score (nSPS) is 13.5. The molecule has 0 fully saturated rings. The lowest BCUT2D eigenvalue weighted by Gasteiger charge is -2.34. The molecule has 29 heteroatoms. The molecule has 0 aliphatic rings. The van der Waals surface area contributed by atoms with Crippen LogP contribution < -0.4 is 0 Å². The third kappa shape index (κ3) is 12.7. The Hall–Kier alpha value is -5.07. The van der Waals surface area contributed by atoms with Crippen molar-refractivity contribution in [2.24, 2.45) is 0 Å². The van der Waals surface area contributed by atoms with E-state index in [0.717, 1.165) is 0 Å². The van der Waals surface area contributed by atoms with Gasteiger partial charge in [-0.25, -0.2) is 16.8 Å². The molecule has 396 valence electrons. The van der Waals surface area contributed by atoms with Crippen LogP contribution in [0.5, 0.6) is 0 Å². The van der Waals surface area contributed by atoms with Gasteiger partial charge in [-0.1, -0.05) is 109 Å². The average Bonchev–Trinajstić information content (AvgIpc) is 3.30. The Morgan fingerprint density at radius 2 is 0.521 bits per heavy atom. The van der Waals surface area contributed by atoms with E-state index in [1.807, 2.05) is 11.8 Å². The first-order chi connectivity index (χ1) is 33.4. The lowest BCUT2D eigenvalue weighted by Crippen LogP contribution is -2.63. The Labute approximate surface area is 412 Å². The molecule has 0 radical (unpaired) electrons. The fourth-order valence-electron chi connectivity index (χ4n) is 5.57. The van der Waals surface area contributed by atoms with Crippen LogP contribution in [0.4, 0.5) is 79.0 Å². The molecule has 0 unspecified atom stereocenters. The highest BCUT2D eigenvalue weighted by molar-refractivity contribution is 8.02. The van der Waals surface area contributed by atoms with Gasteiger partial charge >= 0.3 is 46.6 Å². The molecule has 6 nitrogen and oxygen atoms in total. The van der Waals surface area contributed by atoms with Crippen LogP contribution in [-0.2, 0) is 42.0 Å². The van der Waals surface area contributed by atoms with E-state index in [1.165, 1.54) is 39.2 Å². The van der Waals surface area contributed by atoms with Crippen molar-refractivity contribution in [1.29, 1.82) is 0 Å². The molecule has 0 saturated carbocycles. The molecule has 0 amide bonds. The smallest absolute Gasteiger partial charge is 0.460 e. The number of hydrogen-bond donors (Lipinski definition) is 0. The van der Waals surface area contributed by atoms with Gasteiger partial charge in [-0.3, -0.25) is 0 Å². The Morgan fingerprint density at radius 1 is 0.315 bits per heavy atom. The van der Waals surface area contributed by atoms with Gasteiger partial charge in [0.15, 0.2) is 49.6 Å². The molecule has 0 atom stereocenters. The first kappa shape index (κ1) is 60.5. The van der Waals surface area contributed by atoms with Gasteiger partial charge in [0.1, 0.15) is 21.8 Å². The Kier molecular flexibility index (Phi) is 18.6. The number of rotatable bonds is 14. The molecule has 0 spiro atoms. The quantitative estimate of drug-likeness (QED) is 0.0606. The summed E-state index contributed by atoms with van der Waals surface area (Å²) < 4.78 is 271. The van der Waals surface area contributed by atoms with Gasteiger partial charge < -0.3 is 9.11 Å². The highest BCUT2D eigenvalue weighted by Gasteiger charge is 2.85. The predicted octanol–water partition coefficient (Wildman–Crippen LogP) is 13.9. The van der Waals surface area contributed by atoms with Crippen LogP contribution in [0.15, 0.2) is 209 Å². The Balaban J connectivity index is 0.000000284. The average molecular weight is 1160 g/mol. The van der Waals surface area contributed by atoms with Crippen LogP contribution in [0.1, 0.15) is 0 Å². The summed E-state index contributed by atoms with van der Waals surface area (Å²) in [4.78, 5) is 10.6. The molecule has 6 aromatic carbocycles. The molecule has 6 aromatic rings. The molecule has 0 N–H and O–H groups in total. The van der Waals surface area contributed by atoms with Gasteiger partial charge in [0.05, 0.1) is 9.79 Å². The lowest BCUT2D eigenvalue weighted by atomic mass is 10.1. The van der Waals surface area contributed by atoms with Crippen LogP contribution in [0, 0.1) is 0 Å². The van der Waals surface area contributed by atoms with E-state index in [1.54, 1.807) is 0 Å². The number of hydrogen-bond acceptors (Lipinski definition) is 7. The van der Waals surface area contributed by atoms with Crippen molar-refractivity contribution in [1.82, 2.24) is 0 Å². The maximum atomic E-state index is 12.2. The monoisotopic (exact) mass is 1150 g/mol. The van der Waals surface area contributed by atoms with Crippen molar-refractivity contribution < 1.29 is 105 Å². The molecule has 6 rings (SSSR count). The first-order valence-electron chi connectivity index (χ1n) is 19.2. The molecular weight excluding hydrogens is 1130 g/mol. The zero-order valence-corrected chi connectivity index (χ0v) is 39.5. The summed E-state index contributed by atoms with van der Waals surface area (Å²) in [5.41, 5.74) is 0. The standard InChI is InChI=1S/C36H28S3.2C4HF9O3S/c1-5-17-29(18-6-1)38(30-19-7-2-8-20-30)35-27-15-13-25-33(35)37-34-26-14-16-28-36(34)39(31-21-9-3-10-22-31)32-23-11-4-12-24-32;2*5-1(6,3(9,10)11)2(7,8)4(12,13)17(14,15)16/h1-28H;2*(H,14,15,16)/q+2;;/p-2. The predicted molar refractivity (Wildman–Crippen MR) is 228 cm³/mol. The third-order valence-electron chi connectivity index (χ3n) is 9.13. The van der Waals surface area contributed by atoms with Crippen LogP contribution in [0.3, 0.4) is 0 Å². The van der Waals surface area contributed by atoms with E-state index in [9.17, 15) is 105 Å². The Morgan fingerprint density at radius 3 is 0.726 bits per heavy atom. The third-order valence-corrected chi connectivity index (χ3v) is 16.9. The second-order valence-corrected chi connectivity index (χ2v) is 22.0. The fraction of sp³-hybridized carbons (Fsp3) is 0.182. The van der Waals surface area contributed by atoms with Crippen molar-refractivity contribution >= 4 is 53.8 Å². The largest absolute Gasteiger partial charge is 0.743 e. The van der Waals surface area contributed by atoms with Crippen molar-refractivity contribution in [2.75, 3.05) is 0 Å². The summed E-state index contributed by atoms with van der Waals surface area (Å²) >= 11 is 1.89. The molecular formula is C44H28F18O6S5. The van der Waals surface area contributed by atoms with Gasteiger partial charge in [-0.15, -0.1) is 0 Å². The minimum atomic E-state index is -7.43. The van der Waals surface area contributed by atoms with Crippen LogP contribution >= 0.6 is 11.8 Å². The van der Waals surface area contributed by atoms with E-state index in [2.05, 4.69) is 170 Å². The highest BCUT2D eigenvalue weighted by Crippen LogP contribution is 2.56. The summed E-state index contributed by atoms with van der Waals surface area (Å²) in [7, 11) is -15.2. The minimum absolute atomic E-state index is 0.208. The van der Waals surface area contributed by atoms with Crippen molar-refractivity contribution in [2.45, 2.75) is 85.7 Å². The molecule has 0 aliphatic heterocycles. The van der Waals surface area contributed by atoms with Gasteiger partial charge in [0.25, 0.3) is 0 Å². The van der Waals surface area contributed by atoms with Crippen LogP contribution in [0.25, 0.3) is 0 Å². The summed E-state index contributed by atoms with van der Waals surface area (Å²) in [6.07, 6.45) is -14.3. The zero-order chi connectivity index (χ0) is 55.3. The topological polar surface area (TPSA) is 114 Å². The Bertz CT molecular complexity index is 2710. The van der Waals surface area contributed by atoms with E-state index >= 15 is 0 Å². The van der Waals surface area contributed by atoms with Crippen molar-refractivity contribution in [3.63, 3.8) is 0 Å². The van der Waals surface area contributed by atoms with Crippen molar-refractivity contribution in [3.05, 3.63) is 170 Å². The number of alkyl halides is 18. The maximum Gasteiger partial charge on any atom is 0.460 e. The molecule has 73 heavy (non-hydrogen) atoms. The zero-order valence-electron chi connectivity index (χ0n) is 35.5. The van der Waals surface area contributed by atoms with Crippen molar-refractivity contribution in [3.8, 4) is 0 Å². The van der Waals surface area contributed by atoms with E-state index < -0.39 is 66.8 Å². The van der Waals surface area contributed by atoms with E-state index in [4.69, 9.17) is 0 Å². The molecule has 0 saturated heterocycles. The van der Waals surface area contributed by atoms with Gasteiger partial charge in [-0.05, 0) is 72.8 Å². The summed E-state index contributed by atoms with van der Waals surface area (Å²) in [6, 6.07) is 61.5. The minimum Gasteiger partial charge on any atom is -0.743 e. The molecule has 0 aromatic heterocycles. The second kappa shape index (κ2) is 22.4. The molecule has 0 bridgehead atoms. The molecule has 0 aliphatic carbocycles. The van der Waals surface area contributed by atoms with Gasteiger partial charge in [-0.2, -0.15) is 79.0 Å². The summed E-state index contributed by atoms with van der Waals surface area (Å²) in [6.45, 7) is 0. The van der Waals surface area contributed by atoms with Gasteiger partial charge in [0.2, 0.25) is 0 Å². The fourth-order valence-corrected chi connectivity index (χ4v) is 12.3. The highest BCUT2D eigenvalue weighted by atomic mass is 32.2. The first-order valence-corrected chi connectivity index (χ1v) is 25.3. The number of halogens is 18. The SMILES string of the molecule is O=S(=O)([O-])C(F)(F)C(F)(F)C(F)(F)C(F)(F)F.O=S(=O)([O-])C(F)(F)C(F)(F)C(F)(F)C(F)(F)F.c1ccc([S+](c2ccccc2)c2ccccc2Sc2ccccc2[S+](c2ccccc2)c2ccccc2)cc1. The van der Waals surface area contributed by atoms with Gasteiger partial charge in [0, 0.05) is 0 Å².